The van der Waals surface area contributed by atoms with E-state index in [1.807, 2.05) is 0 Å². The molecule has 0 saturated carbocycles. The zero-order valence-electron chi connectivity index (χ0n) is 8.97. The predicted octanol–water partition coefficient (Wildman–Crippen LogP) is -0.429. The lowest BCUT2D eigenvalue weighted by Gasteiger charge is -2.18. The van der Waals surface area contributed by atoms with Gasteiger partial charge in [-0.3, -0.25) is 0 Å². The van der Waals surface area contributed by atoms with Gasteiger partial charge >= 0.3 is 11.9 Å². The Balaban J connectivity index is 4.15. The van der Waals surface area contributed by atoms with Crippen molar-refractivity contribution in [3.05, 3.63) is 0 Å². The molecule has 0 fully saturated rings. The Morgan fingerprint density at radius 3 is 1.60 bits per heavy atom. The summed E-state index contributed by atoms with van der Waals surface area (Å²) in [6, 6.07) is 0. The van der Waals surface area contributed by atoms with E-state index in [-0.39, 0.29) is 6.42 Å². The van der Waals surface area contributed by atoms with E-state index in [9.17, 15) is 9.59 Å². The topological polar surface area (TPSA) is 93.1 Å². The van der Waals surface area contributed by atoms with Crippen molar-refractivity contribution in [3.8, 4) is 0 Å². The standard InChI is InChI=1S/C9H16O6/c1-4-7(14-8(12)5(2)10)15-9(13)6(3)11/h5-7,10-11H,4H2,1-3H3. The Hall–Kier alpha value is -1.14. The highest BCUT2D eigenvalue weighted by atomic mass is 16.7. The van der Waals surface area contributed by atoms with Gasteiger partial charge in [0.05, 0.1) is 0 Å². The van der Waals surface area contributed by atoms with Crippen LogP contribution in [0.5, 0.6) is 0 Å². The summed E-state index contributed by atoms with van der Waals surface area (Å²) in [5.41, 5.74) is 0. The van der Waals surface area contributed by atoms with Crippen molar-refractivity contribution in [1.82, 2.24) is 0 Å². The molecule has 0 aliphatic heterocycles. The normalized spacial score (nSPS) is 16.3. The first-order chi connectivity index (χ1) is 6.88. The van der Waals surface area contributed by atoms with Crippen LogP contribution in [0.4, 0.5) is 0 Å². The molecule has 15 heavy (non-hydrogen) atoms. The van der Waals surface area contributed by atoms with Gasteiger partial charge in [-0.2, -0.15) is 0 Å². The molecule has 0 rings (SSSR count). The smallest absolute Gasteiger partial charge is 0.337 e. The Morgan fingerprint density at radius 2 is 1.40 bits per heavy atom. The molecule has 88 valence electrons. The first-order valence-corrected chi connectivity index (χ1v) is 4.65. The monoisotopic (exact) mass is 220 g/mol. The number of aliphatic hydroxyl groups excluding tert-OH is 2. The maximum absolute atomic E-state index is 10.9. The van der Waals surface area contributed by atoms with Crippen molar-refractivity contribution in [2.75, 3.05) is 0 Å². The molecule has 0 aliphatic rings. The summed E-state index contributed by atoms with van der Waals surface area (Å²) in [6.07, 6.45) is -3.38. The molecule has 0 bridgehead atoms. The van der Waals surface area contributed by atoms with Crippen molar-refractivity contribution >= 4 is 11.9 Å². The summed E-state index contributed by atoms with van der Waals surface area (Å²) in [5, 5.41) is 17.7. The van der Waals surface area contributed by atoms with E-state index >= 15 is 0 Å². The quantitative estimate of drug-likeness (QED) is 0.482. The second-order valence-corrected chi connectivity index (χ2v) is 3.06. The van der Waals surface area contributed by atoms with Crippen LogP contribution in [0.2, 0.25) is 0 Å². The van der Waals surface area contributed by atoms with Crippen LogP contribution in [-0.4, -0.2) is 40.6 Å². The van der Waals surface area contributed by atoms with Gasteiger partial charge in [0.25, 0.3) is 0 Å². The molecule has 6 heteroatoms. The van der Waals surface area contributed by atoms with Crippen LogP contribution in [0.15, 0.2) is 0 Å². The first-order valence-electron chi connectivity index (χ1n) is 4.65. The number of carbonyl (C=O) groups is 2. The zero-order chi connectivity index (χ0) is 12.0. The Bertz CT molecular complexity index is 201. The molecular formula is C9H16O6. The lowest BCUT2D eigenvalue weighted by Crippen LogP contribution is -2.32. The van der Waals surface area contributed by atoms with Gasteiger partial charge in [-0.15, -0.1) is 0 Å². The summed E-state index contributed by atoms with van der Waals surface area (Å²) >= 11 is 0. The highest BCUT2D eigenvalue weighted by Crippen LogP contribution is 2.04. The van der Waals surface area contributed by atoms with E-state index in [0.717, 1.165) is 0 Å². The fourth-order valence-electron chi connectivity index (χ4n) is 0.647. The Labute approximate surface area is 87.8 Å². The van der Waals surface area contributed by atoms with Crippen LogP contribution in [0.25, 0.3) is 0 Å². The molecular weight excluding hydrogens is 204 g/mol. The van der Waals surface area contributed by atoms with Gasteiger partial charge in [0, 0.05) is 6.42 Å². The van der Waals surface area contributed by atoms with E-state index in [1.165, 1.54) is 13.8 Å². The summed E-state index contributed by atoms with van der Waals surface area (Å²) in [7, 11) is 0. The van der Waals surface area contributed by atoms with Gasteiger partial charge in [0.1, 0.15) is 12.2 Å². The van der Waals surface area contributed by atoms with Gasteiger partial charge < -0.3 is 19.7 Å². The minimum atomic E-state index is -1.27. The zero-order valence-corrected chi connectivity index (χ0v) is 8.97. The predicted molar refractivity (Wildman–Crippen MR) is 49.6 cm³/mol. The molecule has 2 N–H and O–H groups in total. The van der Waals surface area contributed by atoms with Crippen LogP contribution in [0.3, 0.4) is 0 Å². The molecule has 0 aromatic carbocycles. The molecule has 2 atom stereocenters. The van der Waals surface area contributed by atoms with E-state index in [1.54, 1.807) is 6.92 Å². The highest BCUT2D eigenvalue weighted by Gasteiger charge is 2.21. The Morgan fingerprint density at radius 1 is 1.07 bits per heavy atom. The fraction of sp³-hybridized carbons (Fsp3) is 0.778. The minimum absolute atomic E-state index is 0.247. The maximum atomic E-state index is 10.9. The van der Waals surface area contributed by atoms with Crippen molar-refractivity contribution in [3.63, 3.8) is 0 Å². The maximum Gasteiger partial charge on any atom is 0.337 e. The van der Waals surface area contributed by atoms with Crippen LogP contribution >= 0.6 is 0 Å². The van der Waals surface area contributed by atoms with E-state index in [2.05, 4.69) is 9.47 Å². The third-order valence-electron chi connectivity index (χ3n) is 1.51. The number of ether oxygens (including phenoxy) is 2. The van der Waals surface area contributed by atoms with Gasteiger partial charge in [-0.1, -0.05) is 6.92 Å². The molecule has 0 aliphatic carbocycles. The lowest BCUT2D eigenvalue weighted by molar-refractivity contribution is -0.198. The molecule has 6 nitrogen and oxygen atoms in total. The highest BCUT2D eigenvalue weighted by molar-refractivity contribution is 5.75. The third-order valence-corrected chi connectivity index (χ3v) is 1.51. The average molecular weight is 220 g/mol. The van der Waals surface area contributed by atoms with Crippen LogP contribution < -0.4 is 0 Å². The van der Waals surface area contributed by atoms with Crippen molar-refractivity contribution in [2.24, 2.45) is 0 Å². The van der Waals surface area contributed by atoms with E-state index in [4.69, 9.17) is 10.2 Å². The number of hydrogen-bond acceptors (Lipinski definition) is 6. The van der Waals surface area contributed by atoms with Crippen molar-refractivity contribution < 1.29 is 29.3 Å². The molecule has 2 unspecified atom stereocenters. The van der Waals surface area contributed by atoms with Crippen molar-refractivity contribution in [2.45, 2.75) is 45.7 Å². The first kappa shape index (κ1) is 13.9. The number of hydrogen-bond donors (Lipinski definition) is 2. The Kier molecular flexibility index (Phi) is 5.88. The summed E-state index contributed by atoms with van der Waals surface area (Å²) in [6.45, 7) is 4.12. The van der Waals surface area contributed by atoms with E-state index < -0.39 is 30.4 Å². The van der Waals surface area contributed by atoms with Gasteiger partial charge in [0.2, 0.25) is 6.29 Å². The second kappa shape index (κ2) is 6.36. The number of aliphatic hydroxyl groups is 2. The number of rotatable bonds is 5. The lowest BCUT2D eigenvalue weighted by atomic mass is 10.4. The van der Waals surface area contributed by atoms with Crippen LogP contribution in [0, 0.1) is 0 Å². The second-order valence-electron chi connectivity index (χ2n) is 3.06. The van der Waals surface area contributed by atoms with Gasteiger partial charge in [0.15, 0.2) is 0 Å². The van der Waals surface area contributed by atoms with E-state index in [0.29, 0.717) is 0 Å². The fourth-order valence-corrected chi connectivity index (χ4v) is 0.647. The molecule has 0 saturated heterocycles. The van der Waals surface area contributed by atoms with Gasteiger partial charge in [-0.25, -0.2) is 9.59 Å². The molecule has 0 aromatic heterocycles. The molecule has 0 spiro atoms. The molecule has 0 amide bonds. The third kappa shape index (κ3) is 5.34. The van der Waals surface area contributed by atoms with Gasteiger partial charge in [-0.05, 0) is 13.8 Å². The average Bonchev–Trinajstić information content (AvgIpc) is 2.15. The van der Waals surface area contributed by atoms with Crippen molar-refractivity contribution in [1.29, 1.82) is 0 Å². The van der Waals surface area contributed by atoms with Crippen LogP contribution in [0.1, 0.15) is 27.2 Å². The number of carbonyl (C=O) groups excluding carboxylic acids is 2. The molecule has 0 heterocycles. The number of esters is 2. The summed E-state index contributed by atoms with van der Waals surface area (Å²) in [5.74, 6) is -1.75. The SMILES string of the molecule is CCC(OC(=O)C(C)O)OC(=O)C(C)O. The minimum Gasteiger partial charge on any atom is -0.423 e. The van der Waals surface area contributed by atoms with Crippen LogP contribution in [-0.2, 0) is 19.1 Å². The molecule has 0 aromatic rings. The summed E-state index contributed by atoms with van der Waals surface area (Å²) < 4.78 is 9.28. The summed E-state index contributed by atoms with van der Waals surface area (Å²) in [4.78, 5) is 21.9. The largest absolute Gasteiger partial charge is 0.423 e. The molecule has 0 radical (unpaired) electrons.